The maximum absolute atomic E-state index is 10.5. The van der Waals surface area contributed by atoms with Gasteiger partial charge >= 0.3 is 0 Å². The molecule has 0 radical (unpaired) electrons. The van der Waals surface area contributed by atoms with Crippen LogP contribution in [-0.4, -0.2) is 11.5 Å². The van der Waals surface area contributed by atoms with Gasteiger partial charge in [0.1, 0.15) is 12.4 Å². The normalized spacial score (nSPS) is 9.33. The lowest BCUT2D eigenvalue weighted by molar-refractivity contribution is -0.385. The van der Waals surface area contributed by atoms with E-state index < -0.39 is 4.92 Å². The van der Waals surface area contributed by atoms with Crippen LogP contribution in [0.3, 0.4) is 0 Å². The topological polar surface area (TPSA) is 76.2 Å². The first-order valence-electron chi connectivity index (χ1n) is 4.08. The van der Waals surface area contributed by atoms with Gasteiger partial charge in [-0.2, -0.15) is 5.26 Å². The Morgan fingerprint density at radius 2 is 2.27 bits per heavy atom. The van der Waals surface area contributed by atoms with Gasteiger partial charge in [-0.05, 0) is 6.07 Å². The maximum Gasteiger partial charge on any atom is 0.274 e. The summed E-state index contributed by atoms with van der Waals surface area (Å²) in [5, 5.41) is 18.8. The maximum atomic E-state index is 10.5. The van der Waals surface area contributed by atoms with Crippen LogP contribution in [0.4, 0.5) is 5.69 Å². The van der Waals surface area contributed by atoms with Crippen molar-refractivity contribution in [3.63, 3.8) is 0 Å². The Morgan fingerprint density at radius 3 is 2.87 bits per heavy atom. The molecule has 0 bridgehead atoms. The van der Waals surface area contributed by atoms with Crippen molar-refractivity contribution in [1.29, 1.82) is 5.26 Å². The lowest BCUT2D eigenvalue weighted by atomic mass is 10.3. The zero-order chi connectivity index (χ0) is 11.3. The molecule has 1 aromatic carbocycles. The Morgan fingerprint density at radius 1 is 1.53 bits per heavy atom. The van der Waals surface area contributed by atoms with Crippen molar-refractivity contribution in [2.75, 3.05) is 6.61 Å². The summed E-state index contributed by atoms with van der Waals surface area (Å²) >= 11 is 3.14. The molecule has 0 aliphatic carbocycles. The fourth-order valence-corrected chi connectivity index (χ4v) is 1.41. The number of nitrogens with zero attached hydrogens (tertiary/aromatic N) is 2. The zero-order valence-corrected chi connectivity index (χ0v) is 9.23. The number of nitro benzene ring substituents is 1. The third kappa shape index (κ3) is 3.56. The van der Waals surface area contributed by atoms with Gasteiger partial charge in [0.25, 0.3) is 5.69 Å². The van der Waals surface area contributed by atoms with Gasteiger partial charge in [-0.15, -0.1) is 0 Å². The number of rotatable bonds is 4. The Hall–Kier alpha value is -1.61. The van der Waals surface area contributed by atoms with E-state index in [1.807, 2.05) is 6.07 Å². The van der Waals surface area contributed by atoms with E-state index >= 15 is 0 Å². The average molecular weight is 271 g/mol. The highest BCUT2D eigenvalue weighted by atomic mass is 79.9. The van der Waals surface area contributed by atoms with E-state index in [0.717, 1.165) is 0 Å². The van der Waals surface area contributed by atoms with Gasteiger partial charge in [-0.3, -0.25) is 10.1 Å². The number of hydrogen-bond acceptors (Lipinski definition) is 4. The summed E-state index contributed by atoms with van der Waals surface area (Å²) in [6.07, 6.45) is 0.250. The number of ether oxygens (including phenoxy) is 1. The van der Waals surface area contributed by atoms with Crippen LogP contribution in [0.2, 0.25) is 0 Å². The molecular weight excluding hydrogens is 264 g/mol. The molecule has 1 rings (SSSR count). The van der Waals surface area contributed by atoms with Gasteiger partial charge in [0.15, 0.2) is 0 Å². The van der Waals surface area contributed by atoms with Gasteiger partial charge in [0.05, 0.1) is 23.5 Å². The summed E-state index contributed by atoms with van der Waals surface area (Å²) in [5.41, 5.74) is -0.0451. The fraction of sp³-hybridized carbons (Fsp3) is 0.222. The molecule has 0 aliphatic heterocycles. The quantitative estimate of drug-likeness (QED) is 0.479. The molecule has 0 amide bonds. The lowest BCUT2D eigenvalue weighted by Gasteiger charge is -2.03. The van der Waals surface area contributed by atoms with E-state index in [-0.39, 0.29) is 18.7 Å². The van der Waals surface area contributed by atoms with Crippen molar-refractivity contribution in [1.82, 2.24) is 0 Å². The highest BCUT2D eigenvalue weighted by molar-refractivity contribution is 9.10. The van der Waals surface area contributed by atoms with Crippen molar-refractivity contribution in [3.8, 4) is 11.8 Å². The second kappa shape index (κ2) is 5.32. The average Bonchev–Trinajstić information content (AvgIpc) is 2.17. The van der Waals surface area contributed by atoms with Gasteiger partial charge in [-0.25, -0.2) is 0 Å². The van der Waals surface area contributed by atoms with Crippen LogP contribution in [-0.2, 0) is 0 Å². The first-order chi connectivity index (χ1) is 7.13. The molecule has 0 saturated heterocycles. The molecule has 1 aromatic rings. The van der Waals surface area contributed by atoms with Crippen molar-refractivity contribution in [2.24, 2.45) is 0 Å². The molecule has 0 aromatic heterocycles. The molecule has 15 heavy (non-hydrogen) atoms. The summed E-state index contributed by atoms with van der Waals surface area (Å²) in [6.45, 7) is 0.226. The van der Waals surface area contributed by atoms with Gasteiger partial charge < -0.3 is 4.74 Å². The van der Waals surface area contributed by atoms with E-state index in [0.29, 0.717) is 10.2 Å². The minimum Gasteiger partial charge on any atom is -0.492 e. The van der Waals surface area contributed by atoms with E-state index in [1.165, 1.54) is 12.1 Å². The largest absolute Gasteiger partial charge is 0.492 e. The molecular formula is C9H7BrN2O3. The van der Waals surface area contributed by atoms with Crippen molar-refractivity contribution >= 4 is 21.6 Å². The van der Waals surface area contributed by atoms with Crippen LogP contribution in [0.15, 0.2) is 22.7 Å². The smallest absolute Gasteiger partial charge is 0.274 e. The van der Waals surface area contributed by atoms with Crippen molar-refractivity contribution < 1.29 is 9.66 Å². The number of benzene rings is 1. The number of nitro groups is 1. The second-order valence-electron chi connectivity index (χ2n) is 2.66. The number of hydrogen-bond donors (Lipinski definition) is 0. The Kier molecular flexibility index (Phi) is 4.06. The van der Waals surface area contributed by atoms with Crippen molar-refractivity contribution in [3.05, 3.63) is 32.8 Å². The Balaban J connectivity index is 2.80. The predicted molar refractivity (Wildman–Crippen MR) is 56.5 cm³/mol. The first-order valence-corrected chi connectivity index (χ1v) is 4.87. The third-order valence-corrected chi connectivity index (χ3v) is 2.01. The molecule has 0 N–H and O–H groups in total. The monoisotopic (exact) mass is 270 g/mol. The molecule has 78 valence electrons. The molecule has 0 unspecified atom stereocenters. The van der Waals surface area contributed by atoms with E-state index in [2.05, 4.69) is 15.9 Å². The number of nitriles is 1. The standard InChI is InChI=1S/C9H7BrN2O3/c10-7-4-8(12(13)14)6-9(5-7)15-3-1-2-11/h4-6H,1,3H2. The van der Waals surface area contributed by atoms with Crippen LogP contribution >= 0.6 is 15.9 Å². The minimum absolute atomic E-state index is 0.0451. The van der Waals surface area contributed by atoms with Crippen LogP contribution in [0.5, 0.6) is 5.75 Å². The fourth-order valence-electron chi connectivity index (χ4n) is 0.951. The summed E-state index contributed by atoms with van der Waals surface area (Å²) in [5.74, 6) is 0.381. The van der Waals surface area contributed by atoms with E-state index in [1.54, 1.807) is 6.07 Å². The van der Waals surface area contributed by atoms with Crippen LogP contribution < -0.4 is 4.74 Å². The molecule has 0 atom stereocenters. The summed E-state index contributed by atoms with van der Waals surface area (Å²) in [6, 6.07) is 6.24. The molecule has 5 nitrogen and oxygen atoms in total. The molecule has 0 spiro atoms. The molecule has 6 heteroatoms. The van der Waals surface area contributed by atoms with Crippen LogP contribution in [0.1, 0.15) is 6.42 Å². The third-order valence-electron chi connectivity index (χ3n) is 1.55. The SMILES string of the molecule is N#CCCOc1cc(Br)cc([N+](=O)[O-])c1. The predicted octanol–water partition coefficient (Wildman–Crippen LogP) is 2.65. The van der Waals surface area contributed by atoms with E-state index in [9.17, 15) is 10.1 Å². The highest BCUT2D eigenvalue weighted by Gasteiger charge is 2.09. The molecule has 0 saturated carbocycles. The van der Waals surface area contributed by atoms with Gasteiger partial charge in [0, 0.05) is 10.5 Å². The van der Waals surface area contributed by atoms with Gasteiger partial charge in [-0.1, -0.05) is 15.9 Å². The molecule has 0 fully saturated rings. The second-order valence-corrected chi connectivity index (χ2v) is 3.57. The van der Waals surface area contributed by atoms with E-state index in [4.69, 9.17) is 10.00 Å². The minimum atomic E-state index is -0.498. The number of halogens is 1. The zero-order valence-electron chi connectivity index (χ0n) is 7.64. The summed E-state index contributed by atoms with van der Waals surface area (Å²) in [4.78, 5) is 10.0. The molecule has 0 aliphatic rings. The molecule has 0 heterocycles. The first kappa shape index (κ1) is 11.5. The lowest BCUT2D eigenvalue weighted by Crippen LogP contribution is -1.97. The summed E-state index contributed by atoms with van der Waals surface area (Å²) in [7, 11) is 0. The van der Waals surface area contributed by atoms with Crippen LogP contribution in [0, 0.1) is 21.4 Å². The number of non-ortho nitro benzene ring substituents is 1. The Bertz CT molecular complexity index is 414. The van der Waals surface area contributed by atoms with Crippen LogP contribution in [0.25, 0.3) is 0 Å². The Labute approximate surface area is 94.6 Å². The highest BCUT2D eigenvalue weighted by Crippen LogP contribution is 2.26. The summed E-state index contributed by atoms with van der Waals surface area (Å²) < 4.78 is 5.73. The van der Waals surface area contributed by atoms with Gasteiger partial charge in [0.2, 0.25) is 0 Å². The van der Waals surface area contributed by atoms with Crippen molar-refractivity contribution in [2.45, 2.75) is 6.42 Å².